The van der Waals surface area contributed by atoms with Crippen molar-refractivity contribution in [1.82, 2.24) is 15.3 Å². The first-order valence-corrected chi connectivity index (χ1v) is 8.74. The Labute approximate surface area is 158 Å². The molecule has 1 amide bonds. The van der Waals surface area contributed by atoms with Gasteiger partial charge in [0.25, 0.3) is 5.91 Å². The van der Waals surface area contributed by atoms with Crippen LogP contribution < -0.4 is 15.4 Å². The number of nitrogens with zero attached hydrogens (tertiary/aromatic N) is 2. The SMILES string of the molecule is COc1cccc(CCNc2ccnc(C(=O)NCc3ccncc3)c2)c1. The van der Waals surface area contributed by atoms with Crippen LogP contribution >= 0.6 is 0 Å². The van der Waals surface area contributed by atoms with E-state index in [0.717, 1.165) is 30.0 Å². The van der Waals surface area contributed by atoms with E-state index in [1.54, 1.807) is 31.8 Å². The fourth-order valence-electron chi connectivity index (χ4n) is 2.62. The van der Waals surface area contributed by atoms with Crippen molar-refractivity contribution in [2.24, 2.45) is 0 Å². The van der Waals surface area contributed by atoms with Gasteiger partial charge in [0, 0.05) is 37.4 Å². The molecule has 3 rings (SSSR count). The number of carbonyl (C=O) groups is 1. The number of aromatic nitrogens is 2. The van der Waals surface area contributed by atoms with E-state index in [1.165, 1.54) is 5.56 Å². The molecule has 2 N–H and O–H groups in total. The Morgan fingerprint density at radius 1 is 1.04 bits per heavy atom. The fraction of sp³-hybridized carbons (Fsp3) is 0.190. The summed E-state index contributed by atoms with van der Waals surface area (Å²) in [4.78, 5) is 20.4. The number of hydrogen-bond donors (Lipinski definition) is 2. The number of carbonyl (C=O) groups excluding carboxylic acids is 1. The molecule has 2 aromatic heterocycles. The Kier molecular flexibility index (Phi) is 6.35. The van der Waals surface area contributed by atoms with E-state index in [9.17, 15) is 4.79 Å². The van der Waals surface area contributed by atoms with Gasteiger partial charge in [-0.15, -0.1) is 0 Å². The first-order chi connectivity index (χ1) is 13.2. The van der Waals surface area contributed by atoms with Gasteiger partial charge >= 0.3 is 0 Å². The van der Waals surface area contributed by atoms with Crippen LogP contribution in [0.4, 0.5) is 5.69 Å². The number of anilines is 1. The van der Waals surface area contributed by atoms with Gasteiger partial charge in [0.15, 0.2) is 0 Å². The molecule has 0 radical (unpaired) electrons. The molecule has 0 spiro atoms. The van der Waals surface area contributed by atoms with E-state index in [4.69, 9.17) is 4.74 Å². The molecular weight excluding hydrogens is 340 g/mol. The maximum Gasteiger partial charge on any atom is 0.270 e. The van der Waals surface area contributed by atoms with Crippen molar-refractivity contribution < 1.29 is 9.53 Å². The van der Waals surface area contributed by atoms with Crippen molar-refractivity contribution in [3.05, 3.63) is 83.9 Å². The number of rotatable bonds is 8. The van der Waals surface area contributed by atoms with Crippen molar-refractivity contribution in [2.45, 2.75) is 13.0 Å². The summed E-state index contributed by atoms with van der Waals surface area (Å²) in [6.07, 6.45) is 5.89. The Balaban J connectivity index is 1.52. The molecule has 0 aliphatic heterocycles. The topological polar surface area (TPSA) is 76.1 Å². The first-order valence-electron chi connectivity index (χ1n) is 8.74. The van der Waals surface area contributed by atoms with Crippen LogP contribution in [-0.2, 0) is 13.0 Å². The zero-order chi connectivity index (χ0) is 18.9. The van der Waals surface area contributed by atoms with Crippen LogP contribution in [0.2, 0.25) is 0 Å². The summed E-state index contributed by atoms with van der Waals surface area (Å²) in [6, 6.07) is 15.3. The van der Waals surface area contributed by atoms with E-state index in [2.05, 4.69) is 26.7 Å². The Morgan fingerprint density at radius 3 is 2.70 bits per heavy atom. The Hall–Kier alpha value is -3.41. The van der Waals surface area contributed by atoms with Crippen LogP contribution in [0, 0.1) is 0 Å². The summed E-state index contributed by atoms with van der Waals surface area (Å²) in [7, 11) is 1.66. The first kappa shape index (κ1) is 18.4. The molecule has 3 aromatic rings. The highest BCUT2D eigenvalue weighted by Crippen LogP contribution is 2.14. The van der Waals surface area contributed by atoms with Crippen LogP contribution in [0.3, 0.4) is 0 Å². The number of methoxy groups -OCH3 is 1. The lowest BCUT2D eigenvalue weighted by atomic mass is 10.1. The summed E-state index contributed by atoms with van der Waals surface area (Å²) in [5, 5.41) is 6.20. The Morgan fingerprint density at radius 2 is 1.89 bits per heavy atom. The molecule has 0 saturated carbocycles. The predicted octanol–water partition coefficient (Wildman–Crippen LogP) is 3.07. The molecule has 2 heterocycles. The van der Waals surface area contributed by atoms with Crippen LogP contribution in [-0.4, -0.2) is 29.5 Å². The fourth-order valence-corrected chi connectivity index (χ4v) is 2.62. The average molecular weight is 362 g/mol. The zero-order valence-electron chi connectivity index (χ0n) is 15.2. The van der Waals surface area contributed by atoms with Gasteiger partial charge in [-0.1, -0.05) is 12.1 Å². The van der Waals surface area contributed by atoms with Crippen LogP contribution in [0.25, 0.3) is 0 Å². The molecule has 0 unspecified atom stereocenters. The average Bonchev–Trinajstić information content (AvgIpc) is 2.73. The lowest BCUT2D eigenvalue weighted by Gasteiger charge is -2.09. The normalized spacial score (nSPS) is 10.3. The molecule has 0 aliphatic carbocycles. The van der Waals surface area contributed by atoms with Gasteiger partial charge in [0.2, 0.25) is 0 Å². The van der Waals surface area contributed by atoms with Gasteiger partial charge in [-0.05, 0) is 53.9 Å². The van der Waals surface area contributed by atoms with E-state index < -0.39 is 0 Å². The molecule has 0 fully saturated rings. The van der Waals surface area contributed by atoms with Crippen molar-refractivity contribution in [1.29, 1.82) is 0 Å². The van der Waals surface area contributed by atoms with E-state index in [0.29, 0.717) is 12.2 Å². The van der Waals surface area contributed by atoms with Gasteiger partial charge in [-0.3, -0.25) is 14.8 Å². The lowest BCUT2D eigenvalue weighted by molar-refractivity contribution is 0.0946. The van der Waals surface area contributed by atoms with Crippen LogP contribution in [0.15, 0.2) is 67.1 Å². The molecule has 6 nitrogen and oxygen atoms in total. The third-order valence-electron chi connectivity index (χ3n) is 4.07. The quantitative estimate of drug-likeness (QED) is 0.644. The summed E-state index contributed by atoms with van der Waals surface area (Å²) in [5.74, 6) is 0.646. The van der Waals surface area contributed by atoms with Crippen molar-refractivity contribution in [3.8, 4) is 5.75 Å². The van der Waals surface area contributed by atoms with Crippen molar-refractivity contribution >= 4 is 11.6 Å². The minimum atomic E-state index is -0.205. The van der Waals surface area contributed by atoms with Gasteiger partial charge in [-0.25, -0.2) is 0 Å². The summed E-state index contributed by atoms with van der Waals surface area (Å²) in [6.45, 7) is 1.19. The molecule has 6 heteroatoms. The third kappa shape index (κ3) is 5.54. The van der Waals surface area contributed by atoms with E-state index in [-0.39, 0.29) is 5.91 Å². The zero-order valence-corrected chi connectivity index (χ0v) is 15.2. The largest absolute Gasteiger partial charge is 0.497 e. The Bertz CT molecular complexity index is 884. The van der Waals surface area contributed by atoms with Crippen LogP contribution in [0.1, 0.15) is 21.6 Å². The summed E-state index contributed by atoms with van der Waals surface area (Å²) < 4.78 is 5.24. The van der Waals surface area contributed by atoms with Crippen molar-refractivity contribution in [3.63, 3.8) is 0 Å². The van der Waals surface area contributed by atoms with Crippen LogP contribution in [0.5, 0.6) is 5.75 Å². The third-order valence-corrected chi connectivity index (χ3v) is 4.07. The van der Waals surface area contributed by atoms with E-state index >= 15 is 0 Å². The number of benzene rings is 1. The van der Waals surface area contributed by atoms with Gasteiger partial charge in [-0.2, -0.15) is 0 Å². The second-order valence-corrected chi connectivity index (χ2v) is 6.00. The number of nitrogens with one attached hydrogen (secondary N) is 2. The molecule has 0 atom stereocenters. The van der Waals surface area contributed by atoms with E-state index in [1.807, 2.05) is 36.4 Å². The number of pyridine rings is 2. The molecular formula is C21H22N4O2. The molecule has 138 valence electrons. The minimum absolute atomic E-state index is 0.205. The highest BCUT2D eigenvalue weighted by molar-refractivity contribution is 5.93. The van der Waals surface area contributed by atoms with Gasteiger partial charge < -0.3 is 15.4 Å². The summed E-state index contributed by atoms with van der Waals surface area (Å²) >= 11 is 0. The molecule has 0 saturated heterocycles. The maximum absolute atomic E-state index is 12.3. The number of ether oxygens (including phenoxy) is 1. The molecule has 27 heavy (non-hydrogen) atoms. The highest BCUT2D eigenvalue weighted by Gasteiger charge is 2.08. The maximum atomic E-state index is 12.3. The number of amides is 1. The van der Waals surface area contributed by atoms with Gasteiger partial charge in [0.05, 0.1) is 7.11 Å². The second kappa shape index (κ2) is 9.33. The summed E-state index contributed by atoms with van der Waals surface area (Å²) in [5.41, 5.74) is 3.43. The molecule has 0 aliphatic rings. The smallest absolute Gasteiger partial charge is 0.270 e. The standard InChI is InChI=1S/C21H22N4O2/c1-27-19-4-2-3-16(13-19)7-11-23-18-8-12-24-20(14-18)21(26)25-15-17-5-9-22-10-6-17/h2-6,8-10,12-14H,7,11,15H2,1H3,(H,23,24)(H,25,26). The molecule has 0 bridgehead atoms. The lowest BCUT2D eigenvalue weighted by Crippen LogP contribution is -2.24. The number of hydrogen-bond acceptors (Lipinski definition) is 5. The second-order valence-electron chi connectivity index (χ2n) is 6.00. The minimum Gasteiger partial charge on any atom is -0.497 e. The molecule has 1 aromatic carbocycles. The highest BCUT2D eigenvalue weighted by atomic mass is 16.5. The monoisotopic (exact) mass is 362 g/mol. The van der Waals surface area contributed by atoms with Gasteiger partial charge in [0.1, 0.15) is 11.4 Å². The predicted molar refractivity (Wildman–Crippen MR) is 105 cm³/mol. The van der Waals surface area contributed by atoms with Crippen molar-refractivity contribution in [2.75, 3.05) is 19.0 Å².